The van der Waals surface area contributed by atoms with E-state index < -0.39 is 18.5 Å². The summed E-state index contributed by atoms with van der Waals surface area (Å²) in [6.07, 6.45) is 2.08. The van der Waals surface area contributed by atoms with Crippen molar-refractivity contribution in [1.29, 1.82) is 0 Å². The second kappa shape index (κ2) is 8.75. The summed E-state index contributed by atoms with van der Waals surface area (Å²) in [7, 11) is 1.48. The van der Waals surface area contributed by atoms with E-state index in [1.165, 1.54) is 18.9 Å². The first-order chi connectivity index (χ1) is 17.2. The molecule has 2 aliphatic rings. The van der Waals surface area contributed by atoms with Gasteiger partial charge in [-0.15, -0.1) is 0 Å². The first-order valence-corrected chi connectivity index (χ1v) is 11.7. The minimum Gasteiger partial charge on any atom is -0.493 e. The molecule has 2 aromatic carbocycles. The number of amides is 2. The third-order valence-corrected chi connectivity index (χ3v) is 6.70. The molecule has 9 nitrogen and oxygen atoms in total. The van der Waals surface area contributed by atoms with E-state index >= 15 is 0 Å². The lowest BCUT2D eigenvalue weighted by atomic mass is 9.84. The highest BCUT2D eigenvalue weighted by molar-refractivity contribution is 6.11. The summed E-state index contributed by atoms with van der Waals surface area (Å²) in [6, 6.07) is 11.4. The lowest BCUT2D eigenvalue weighted by Gasteiger charge is -2.21. The van der Waals surface area contributed by atoms with Crippen molar-refractivity contribution in [3.8, 4) is 11.5 Å². The van der Waals surface area contributed by atoms with Crippen LogP contribution in [0.15, 0.2) is 53.9 Å². The number of benzene rings is 2. The zero-order valence-corrected chi connectivity index (χ0v) is 20.5. The molecule has 5 rings (SSSR count). The highest BCUT2D eigenvalue weighted by atomic mass is 16.5. The number of anilines is 1. The first-order valence-electron chi connectivity index (χ1n) is 11.7. The number of carbonyl (C=O) groups is 3. The summed E-state index contributed by atoms with van der Waals surface area (Å²) in [5.74, 6) is -1.59. The van der Waals surface area contributed by atoms with E-state index in [0.717, 1.165) is 27.7 Å². The zero-order valence-electron chi connectivity index (χ0n) is 20.5. The van der Waals surface area contributed by atoms with Crippen molar-refractivity contribution in [3.05, 3.63) is 65.0 Å². The Morgan fingerprint density at radius 1 is 1.19 bits per heavy atom. The largest absolute Gasteiger partial charge is 0.493 e. The van der Waals surface area contributed by atoms with Crippen LogP contribution < -0.4 is 14.8 Å². The average Bonchev–Trinajstić information content (AvgIpc) is 3.33. The van der Waals surface area contributed by atoms with Crippen LogP contribution in [0.3, 0.4) is 0 Å². The summed E-state index contributed by atoms with van der Waals surface area (Å²) < 4.78 is 13.1. The summed E-state index contributed by atoms with van der Waals surface area (Å²) in [6.45, 7) is 5.25. The van der Waals surface area contributed by atoms with Crippen molar-refractivity contribution in [3.63, 3.8) is 0 Å². The van der Waals surface area contributed by atoms with Crippen LogP contribution in [0.25, 0.3) is 10.9 Å². The maximum Gasteiger partial charge on any atom is 0.341 e. The molecular formula is C27H27N3O6. The molecule has 0 aliphatic carbocycles. The molecule has 2 amide bonds. The SMILES string of the molecule is COc1cc([C@@H]2C3=C(CN(C(C)=O)C3=O)Nc3cccc4c3c2cn4C(C)C)ccc1OCC(=O)O. The van der Waals surface area contributed by atoms with Crippen LogP contribution in [0.1, 0.15) is 43.9 Å². The summed E-state index contributed by atoms with van der Waals surface area (Å²) in [4.78, 5) is 38.1. The number of ether oxygens (including phenoxy) is 2. The Hall–Kier alpha value is -4.27. The van der Waals surface area contributed by atoms with Gasteiger partial charge in [0, 0.05) is 41.9 Å². The Kier molecular flexibility index (Phi) is 5.70. The minimum absolute atomic E-state index is 0.168. The molecule has 0 saturated carbocycles. The maximum absolute atomic E-state index is 13.6. The fourth-order valence-electron chi connectivity index (χ4n) is 5.13. The molecule has 3 aromatic rings. The molecule has 0 radical (unpaired) electrons. The van der Waals surface area contributed by atoms with Gasteiger partial charge in [0.2, 0.25) is 5.91 Å². The second-order valence-electron chi connectivity index (χ2n) is 9.24. The smallest absolute Gasteiger partial charge is 0.341 e. The summed E-state index contributed by atoms with van der Waals surface area (Å²) in [5.41, 5.74) is 4.81. The maximum atomic E-state index is 13.6. The van der Waals surface area contributed by atoms with E-state index in [1.54, 1.807) is 12.1 Å². The molecule has 2 aliphatic heterocycles. The van der Waals surface area contributed by atoms with Gasteiger partial charge in [-0.25, -0.2) is 4.79 Å². The van der Waals surface area contributed by atoms with Crippen molar-refractivity contribution in [1.82, 2.24) is 9.47 Å². The van der Waals surface area contributed by atoms with Crippen molar-refractivity contribution < 1.29 is 29.0 Å². The highest BCUT2D eigenvalue weighted by Gasteiger charge is 2.42. The number of methoxy groups -OCH3 is 1. The molecule has 0 bridgehead atoms. The minimum atomic E-state index is -1.10. The number of rotatable bonds is 6. The van der Waals surface area contributed by atoms with E-state index in [0.29, 0.717) is 17.0 Å². The molecule has 36 heavy (non-hydrogen) atoms. The number of nitrogens with one attached hydrogen (secondary N) is 1. The zero-order chi connectivity index (χ0) is 25.7. The first kappa shape index (κ1) is 23.5. The van der Waals surface area contributed by atoms with Gasteiger partial charge in [-0.3, -0.25) is 14.5 Å². The Morgan fingerprint density at radius 3 is 2.64 bits per heavy atom. The number of hydrogen-bond donors (Lipinski definition) is 2. The fraction of sp³-hybridized carbons (Fsp3) is 0.296. The van der Waals surface area contributed by atoms with E-state index in [1.807, 2.05) is 18.2 Å². The normalized spacial score (nSPS) is 16.8. The number of hydrogen-bond acceptors (Lipinski definition) is 6. The number of aromatic nitrogens is 1. The van der Waals surface area contributed by atoms with E-state index in [9.17, 15) is 14.4 Å². The fourth-order valence-corrected chi connectivity index (χ4v) is 5.13. The third-order valence-electron chi connectivity index (χ3n) is 6.70. The lowest BCUT2D eigenvalue weighted by Crippen LogP contribution is -2.33. The van der Waals surface area contributed by atoms with Crippen molar-refractivity contribution in [2.24, 2.45) is 0 Å². The molecule has 9 heteroatoms. The Morgan fingerprint density at radius 2 is 1.97 bits per heavy atom. The van der Waals surface area contributed by atoms with E-state index in [-0.39, 0.29) is 30.2 Å². The quantitative estimate of drug-likeness (QED) is 0.540. The summed E-state index contributed by atoms with van der Waals surface area (Å²) in [5, 5.41) is 13.5. The van der Waals surface area contributed by atoms with Gasteiger partial charge in [-0.2, -0.15) is 0 Å². The third kappa shape index (κ3) is 3.67. The molecule has 0 fully saturated rings. The van der Waals surface area contributed by atoms with Gasteiger partial charge in [0.05, 0.1) is 24.7 Å². The Balaban J connectivity index is 1.74. The van der Waals surface area contributed by atoms with E-state index in [4.69, 9.17) is 14.6 Å². The van der Waals surface area contributed by atoms with E-state index in [2.05, 4.69) is 36.0 Å². The Bertz CT molecular complexity index is 1450. The van der Waals surface area contributed by atoms with Gasteiger partial charge >= 0.3 is 5.97 Å². The number of carboxylic acids is 1. The molecule has 0 unspecified atom stereocenters. The molecule has 3 heterocycles. The highest BCUT2D eigenvalue weighted by Crippen LogP contribution is 2.48. The summed E-state index contributed by atoms with van der Waals surface area (Å²) >= 11 is 0. The van der Waals surface area contributed by atoms with Crippen molar-refractivity contribution in [2.75, 3.05) is 25.6 Å². The number of carbonyl (C=O) groups excluding carboxylic acids is 2. The molecular weight excluding hydrogens is 462 g/mol. The van der Waals surface area contributed by atoms with Crippen LogP contribution in [0.5, 0.6) is 11.5 Å². The van der Waals surface area contributed by atoms with Gasteiger partial charge in [0.15, 0.2) is 18.1 Å². The predicted molar refractivity (Wildman–Crippen MR) is 133 cm³/mol. The second-order valence-corrected chi connectivity index (χ2v) is 9.24. The topological polar surface area (TPSA) is 110 Å². The molecule has 186 valence electrons. The van der Waals surface area contributed by atoms with Crippen LogP contribution in [-0.2, 0) is 14.4 Å². The van der Waals surface area contributed by atoms with Gasteiger partial charge < -0.3 is 24.5 Å². The van der Waals surface area contributed by atoms with Gasteiger partial charge in [-0.05, 0) is 49.2 Å². The van der Waals surface area contributed by atoms with Crippen LogP contribution in [0.2, 0.25) is 0 Å². The Labute approximate surface area is 207 Å². The monoisotopic (exact) mass is 489 g/mol. The molecule has 0 spiro atoms. The number of carboxylic acid groups (broad SMARTS) is 1. The number of imide groups is 1. The van der Waals surface area contributed by atoms with Gasteiger partial charge in [-0.1, -0.05) is 12.1 Å². The number of aliphatic carboxylic acids is 1. The molecule has 1 atom stereocenters. The van der Waals surface area contributed by atoms with Gasteiger partial charge in [0.1, 0.15) is 0 Å². The van der Waals surface area contributed by atoms with Crippen LogP contribution in [0, 0.1) is 0 Å². The molecule has 1 aromatic heterocycles. The lowest BCUT2D eigenvalue weighted by molar-refractivity contribution is -0.140. The van der Waals surface area contributed by atoms with Crippen LogP contribution >= 0.6 is 0 Å². The average molecular weight is 490 g/mol. The van der Waals surface area contributed by atoms with Crippen molar-refractivity contribution in [2.45, 2.75) is 32.7 Å². The van der Waals surface area contributed by atoms with Crippen LogP contribution in [-0.4, -0.2) is 52.6 Å². The number of nitrogens with zero attached hydrogens (tertiary/aromatic N) is 2. The standard InChI is InChI=1S/C27H27N3O6/c1-14(2)29-11-17-24(16-8-9-21(22(10-16)35-4)36-13-23(32)33)26-19(12-30(15(3)31)27(26)34)28-18-6-5-7-20(29)25(17)18/h5-11,14,24,28H,12-13H2,1-4H3,(H,32,33)/t24-/m0/s1. The molecule has 0 saturated heterocycles. The predicted octanol–water partition coefficient (Wildman–Crippen LogP) is 3.89. The molecule has 2 N–H and O–H groups in total. The van der Waals surface area contributed by atoms with Crippen LogP contribution in [0.4, 0.5) is 5.69 Å². The van der Waals surface area contributed by atoms with Crippen molar-refractivity contribution >= 4 is 34.4 Å². The van der Waals surface area contributed by atoms with Gasteiger partial charge in [0.25, 0.3) is 5.91 Å².